The normalized spacial score (nSPS) is 11.0. The maximum absolute atomic E-state index is 13.4. The molecular formula is C44H26O8. The summed E-state index contributed by atoms with van der Waals surface area (Å²) in [6.07, 6.45) is 0. The van der Waals surface area contributed by atoms with E-state index in [2.05, 4.69) is 0 Å². The van der Waals surface area contributed by atoms with E-state index in [1.165, 1.54) is 12.1 Å². The number of hydrogen-bond donors (Lipinski definition) is 0. The Morgan fingerprint density at radius 3 is 0.712 bits per heavy atom. The molecule has 8 nitrogen and oxygen atoms in total. The predicted octanol–water partition coefficient (Wildman–Crippen LogP) is 9.46. The van der Waals surface area contributed by atoms with Gasteiger partial charge >= 0.3 is 23.9 Å². The standard InChI is InChI=1S/C44H26O8/c45-41(27-13-5-1-6-14-27)49-35-25-36(50-42(46)28-15-7-2-8-16-28)32-23-24-34-38(52-44(48)30-19-11-4-12-20-30)26-37(33-22-21-31(35)39(32)40(33)34)51-43(47)29-17-9-3-10-18-29/h1-26H. The molecule has 0 fully saturated rings. The summed E-state index contributed by atoms with van der Waals surface area (Å²) in [6.45, 7) is 0. The maximum Gasteiger partial charge on any atom is 0.343 e. The summed E-state index contributed by atoms with van der Waals surface area (Å²) in [4.78, 5) is 53.6. The molecule has 0 atom stereocenters. The van der Waals surface area contributed by atoms with Crippen LogP contribution in [0.5, 0.6) is 23.0 Å². The molecular weight excluding hydrogens is 656 g/mol. The number of carbonyl (C=O) groups excluding carboxylic acids is 4. The average Bonchev–Trinajstić information content (AvgIpc) is 3.19. The van der Waals surface area contributed by atoms with Gasteiger partial charge in [-0.3, -0.25) is 0 Å². The lowest BCUT2D eigenvalue weighted by Gasteiger charge is -2.20. The Morgan fingerprint density at radius 2 is 0.500 bits per heavy atom. The Kier molecular flexibility index (Phi) is 8.31. The molecule has 8 aromatic rings. The van der Waals surface area contributed by atoms with Gasteiger partial charge in [0, 0.05) is 44.5 Å². The van der Waals surface area contributed by atoms with Crippen molar-refractivity contribution in [2.75, 3.05) is 0 Å². The highest BCUT2D eigenvalue weighted by Gasteiger charge is 2.25. The lowest BCUT2D eigenvalue weighted by Crippen LogP contribution is -2.12. The number of esters is 4. The Labute approximate surface area is 296 Å². The van der Waals surface area contributed by atoms with Crippen LogP contribution in [0.15, 0.2) is 158 Å². The highest BCUT2D eigenvalue weighted by atomic mass is 16.6. The molecule has 52 heavy (non-hydrogen) atoms. The molecule has 0 saturated heterocycles. The van der Waals surface area contributed by atoms with Gasteiger partial charge in [-0.1, -0.05) is 72.8 Å². The van der Waals surface area contributed by atoms with Crippen molar-refractivity contribution in [1.82, 2.24) is 0 Å². The summed E-state index contributed by atoms with van der Waals surface area (Å²) in [5, 5.41) is 3.07. The molecule has 0 aliphatic heterocycles. The SMILES string of the molecule is O=C(Oc1cc(OC(=O)c2ccccc2)c2ccc3c(OC(=O)c4ccccc4)cc(OC(=O)c4ccccc4)c4ccc1c2c43)c1ccccc1. The van der Waals surface area contributed by atoms with E-state index in [1.54, 1.807) is 146 Å². The molecule has 0 aliphatic carbocycles. The molecule has 0 N–H and O–H groups in total. The van der Waals surface area contributed by atoms with Gasteiger partial charge in [-0.25, -0.2) is 19.2 Å². The molecule has 8 heteroatoms. The molecule has 0 aliphatic rings. The fourth-order valence-corrected chi connectivity index (χ4v) is 6.14. The second-order valence-corrected chi connectivity index (χ2v) is 11.8. The Bertz CT molecular complexity index is 2260. The largest absolute Gasteiger partial charge is 0.422 e. The summed E-state index contributed by atoms with van der Waals surface area (Å²) >= 11 is 0. The van der Waals surface area contributed by atoms with Gasteiger partial charge in [-0.2, -0.15) is 0 Å². The van der Waals surface area contributed by atoms with Gasteiger partial charge in [-0.15, -0.1) is 0 Å². The van der Waals surface area contributed by atoms with Crippen LogP contribution in [0, 0.1) is 0 Å². The molecule has 0 bridgehead atoms. The van der Waals surface area contributed by atoms with E-state index in [0.29, 0.717) is 54.6 Å². The number of carbonyl (C=O) groups is 4. The van der Waals surface area contributed by atoms with Crippen molar-refractivity contribution in [3.8, 4) is 23.0 Å². The van der Waals surface area contributed by atoms with Gasteiger partial charge in [0.2, 0.25) is 0 Å². The van der Waals surface area contributed by atoms with Crippen molar-refractivity contribution in [1.29, 1.82) is 0 Å². The van der Waals surface area contributed by atoms with E-state index >= 15 is 0 Å². The summed E-state index contributed by atoms with van der Waals surface area (Å²) in [6, 6.07) is 44.1. The third-order valence-corrected chi connectivity index (χ3v) is 8.60. The van der Waals surface area contributed by atoms with E-state index in [1.807, 2.05) is 0 Å². The quantitative estimate of drug-likeness (QED) is 0.0887. The Morgan fingerprint density at radius 1 is 0.288 bits per heavy atom. The fourth-order valence-electron chi connectivity index (χ4n) is 6.14. The van der Waals surface area contributed by atoms with Crippen LogP contribution in [0.25, 0.3) is 32.3 Å². The third kappa shape index (κ3) is 6.05. The second kappa shape index (κ2) is 13.5. The van der Waals surface area contributed by atoms with Crippen molar-refractivity contribution in [3.05, 3.63) is 180 Å². The number of rotatable bonds is 8. The van der Waals surface area contributed by atoms with Crippen LogP contribution in [0.2, 0.25) is 0 Å². The zero-order chi connectivity index (χ0) is 35.6. The third-order valence-electron chi connectivity index (χ3n) is 8.60. The maximum atomic E-state index is 13.4. The summed E-state index contributed by atoms with van der Waals surface area (Å²) in [5.74, 6) is -1.97. The molecule has 0 amide bonds. The van der Waals surface area contributed by atoms with E-state index in [0.717, 1.165) is 0 Å². The van der Waals surface area contributed by atoms with Gasteiger partial charge in [-0.05, 0) is 72.8 Å². The van der Waals surface area contributed by atoms with Crippen molar-refractivity contribution in [2.24, 2.45) is 0 Å². The summed E-state index contributed by atoms with van der Waals surface area (Å²) in [7, 11) is 0. The number of hydrogen-bond acceptors (Lipinski definition) is 8. The average molecular weight is 683 g/mol. The minimum atomic E-state index is -0.620. The van der Waals surface area contributed by atoms with Gasteiger partial charge in [0.15, 0.2) is 0 Å². The molecule has 0 heterocycles. The molecule has 250 valence electrons. The lowest BCUT2D eigenvalue weighted by atomic mass is 9.92. The van der Waals surface area contributed by atoms with E-state index in [-0.39, 0.29) is 23.0 Å². The minimum absolute atomic E-state index is 0.126. The topological polar surface area (TPSA) is 105 Å². The van der Waals surface area contributed by atoms with Crippen LogP contribution < -0.4 is 18.9 Å². The zero-order valence-corrected chi connectivity index (χ0v) is 27.3. The first-order valence-electron chi connectivity index (χ1n) is 16.3. The molecule has 8 rings (SSSR count). The van der Waals surface area contributed by atoms with Gasteiger partial charge in [0.05, 0.1) is 22.3 Å². The molecule has 0 unspecified atom stereocenters. The monoisotopic (exact) mass is 682 g/mol. The molecule has 0 radical (unpaired) electrons. The minimum Gasteiger partial charge on any atom is -0.422 e. The molecule has 0 spiro atoms. The van der Waals surface area contributed by atoms with E-state index in [4.69, 9.17) is 18.9 Å². The van der Waals surface area contributed by atoms with Gasteiger partial charge < -0.3 is 18.9 Å². The first-order valence-corrected chi connectivity index (χ1v) is 16.3. The second-order valence-electron chi connectivity index (χ2n) is 11.8. The van der Waals surface area contributed by atoms with E-state index < -0.39 is 23.9 Å². The first-order chi connectivity index (χ1) is 25.4. The summed E-state index contributed by atoms with van der Waals surface area (Å²) < 4.78 is 24.0. The van der Waals surface area contributed by atoms with E-state index in [9.17, 15) is 19.2 Å². The zero-order valence-electron chi connectivity index (χ0n) is 27.3. The Hall–Kier alpha value is -7.32. The van der Waals surface area contributed by atoms with Crippen LogP contribution in [-0.2, 0) is 0 Å². The number of benzene rings is 8. The highest BCUT2D eigenvalue weighted by molar-refractivity contribution is 6.28. The van der Waals surface area contributed by atoms with Crippen molar-refractivity contribution in [2.45, 2.75) is 0 Å². The Balaban J connectivity index is 1.36. The van der Waals surface area contributed by atoms with Crippen molar-refractivity contribution < 1.29 is 38.1 Å². The van der Waals surface area contributed by atoms with Crippen LogP contribution in [-0.4, -0.2) is 23.9 Å². The first kappa shape index (κ1) is 31.9. The van der Waals surface area contributed by atoms with Crippen LogP contribution in [0.3, 0.4) is 0 Å². The molecule has 8 aromatic carbocycles. The molecule has 0 aromatic heterocycles. The van der Waals surface area contributed by atoms with Gasteiger partial charge in [0.1, 0.15) is 23.0 Å². The molecule has 0 saturated carbocycles. The summed E-state index contributed by atoms with van der Waals surface area (Å²) in [5.41, 5.74) is 1.28. The van der Waals surface area contributed by atoms with Crippen molar-refractivity contribution >= 4 is 56.2 Å². The smallest absolute Gasteiger partial charge is 0.343 e. The van der Waals surface area contributed by atoms with Crippen LogP contribution in [0.4, 0.5) is 0 Å². The van der Waals surface area contributed by atoms with Crippen LogP contribution in [0.1, 0.15) is 41.4 Å². The number of ether oxygens (including phenoxy) is 4. The fraction of sp³-hybridized carbons (Fsp3) is 0. The van der Waals surface area contributed by atoms with Crippen LogP contribution >= 0.6 is 0 Å². The lowest BCUT2D eigenvalue weighted by molar-refractivity contribution is 0.0716. The van der Waals surface area contributed by atoms with Gasteiger partial charge in [0.25, 0.3) is 0 Å². The highest BCUT2D eigenvalue weighted by Crippen LogP contribution is 2.48. The van der Waals surface area contributed by atoms with Crippen molar-refractivity contribution in [3.63, 3.8) is 0 Å². The predicted molar refractivity (Wildman–Crippen MR) is 196 cm³/mol.